The number of methoxy groups -OCH3 is 4. The molecule has 0 radical (unpaired) electrons. The molecule has 0 saturated heterocycles. The number of carbonyl (C=O) groups excluding carboxylic acids is 2. The monoisotopic (exact) mass is 469 g/mol. The first kappa shape index (κ1) is 24.9. The van der Waals surface area contributed by atoms with E-state index >= 15 is 0 Å². The van der Waals surface area contributed by atoms with Gasteiger partial charge in [-0.1, -0.05) is 18.2 Å². The van der Waals surface area contributed by atoms with Gasteiger partial charge in [-0.3, -0.25) is 0 Å². The second-order valence-electron chi connectivity index (χ2n) is 7.87. The molecular formula is C25H31N3O6. The minimum atomic E-state index is -0.662. The van der Waals surface area contributed by atoms with E-state index < -0.39 is 12.0 Å². The van der Waals surface area contributed by atoms with Crippen molar-refractivity contribution in [3.8, 4) is 17.2 Å². The largest absolute Gasteiger partial charge is 0.497 e. The first-order valence-corrected chi connectivity index (χ1v) is 10.8. The van der Waals surface area contributed by atoms with E-state index in [1.807, 2.05) is 42.3 Å². The van der Waals surface area contributed by atoms with E-state index in [4.69, 9.17) is 18.9 Å². The predicted octanol–water partition coefficient (Wildman–Crippen LogP) is 2.67. The van der Waals surface area contributed by atoms with Crippen LogP contribution in [0.1, 0.15) is 17.2 Å². The molecule has 0 unspecified atom stereocenters. The smallest absolute Gasteiger partial charge is 0.338 e. The van der Waals surface area contributed by atoms with Crippen LogP contribution in [0.2, 0.25) is 0 Å². The normalized spacial score (nSPS) is 15.5. The molecule has 34 heavy (non-hydrogen) atoms. The molecule has 2 amide bonds. The van der Waals surface area contributed by atoms with Crippen LogP contribution in [-0.2, 0) is 16.0 Å². The summed E-state index contributed by atoms with van der Waals surface area (Å²) in [7, 11) is 8.03. The summed E-state index contributed by atoms with van der Waals surface area (Å²) >= 11 is 0. The summed E-state index contributed by atoms with van der Waals surface area (Å²) in [6, 6.07) is 12.0. The summed E-state index contributed by atoms with van der Waals surface area (Å²) < 4.78 is 21.0. The SMILES string of the molecule is COC(=O)C1=C(CN(C)CCc2ccc(OC)c(OC)c2)NC(=O)N[C@H]1c1cccc(OC)c1. The first-order chi connectivity index (χ1) is 16.4. The summed E-state index contributed by atoms with van der Waals surface area (Å²) in [6.45, 7) is 1.03. The van der Waals surface area contributed by atoms with Crippen LogP contribution in [-0.4, -0.2) is 65.5 Å². The lowest BCUT2D eigenvalue weighted by molar-refractivity contribution is -0.136. The van der Waals surface area contributed by atoms with Crippen LogP contribution in [0.25, 0.3) is 0 Å². The number of hydrogen-bond donors (Lipinski definition) is 2. The number of likely N-dealkylation sites (N-methyl/N-ethyl adjacent to an activating group) is 1. The van der Waals surface area contributed by atoms with Crippen molar-refractivity contribution in [2.24, 2.45) is 0 Å². The Balaban J connectivity index is 1.82. The number of ether oxygens (including phenoxy) is 4. The highest BCUT2D eigenvalue weighted by atomic mass is 16.5. The van der Waals surface area contributed by atoms with Crippen molar-refractivity contribution >= 4 is 12.0 Å². The first-order valence-electron chi connectivity index (χ1n) is 10.8. The molecule has 0 spiro atoms. The molecule has 2 aromatic rings. The summed E-state index contributed by atoms with van der Waals surface area (Å²) in [5.41, 5.74) is 2.65. The van der Waals surface area contributed by atoms with Gasteiger partial charge in [-0.25, -0.2) is 9.59 Å². The molecule has 0 saturated carbocycles. The molecule has 2 aromatic carbocycles. The number of rotatable bonds is 10. The topological polar surface area (TPSA) is 98.4 Å². The maximum atomic E-state index is 12.8. The average molecular weight is 470 g/mol. The molecule has 9 nitrogen and oxygen atoms in total. The highest BCUT2D eigenvalue weighted by Crippen LogP contribution is 2.30. The number of nitrogens with one attached hydrogen (secondary N) is 2. The standard InChI is InChI=1S/C25H31N3O6/c1-28(12-11-16-9-10-20(32-3)21(13-16)33-4)15-19-22(24(29)34-5)23(27-25(30)26-19)17-7-6-8-18(14-17)31-2/h6-10,13-14,23H,11-12,15H2,1-5H3,(H2,26,27,30)/t23-/m0/s1. The Morgan fingerprint density at radius 2 is 1.76 bits per heavy atom. The van der Waals surface area contributed by atoms with E-state index in [9.17, 15) is 9.59 Å². The predicted molar refractivity (Wildman–Crippen MR) is 127 cm³/mol. The van der Waals surface area contributed by atoms with Crippen LogP contribution in [0.4, 0.5) is 4.79 Å². The zero-order valence-corrected chi connectivity index (χ0v) is 20.1. The molecule has 1 atom stereocenters. The van der Waals surface area contributed by atoms with E-state index in [0.29, 0.717) is 41.6 Å². The van der Waals surface area contributed by atoms with Crippen LogP contribution in [0.3, 0.4) is 0 Å². The molecule has 1 aliphatic heterocycles. The van der Waals surface area contributed by atoms with Crippen LogP contribution in [0, 0.1) is 0 Å². The Hall–Kier alpha value is -3.72. The van der Waals surface area contributed by atoms with Gasteiger partial charge in [-0.05, 0) is 48.9 Å². The van der Waals surface area contributed by atoms with Gasteiger partial charge in [0.1, 0.15) is 5.75 Å². The molecule has 0 bridgehead atoms. The fourth-order valence-corrected chi connectivity index (χ4v) is 3.87. The van der Waals surface area contributed by atoms with E-state index in [1.54, 1.807) is 33.5 Å². The number of carbonyl (C=O) groups is 2. The van der Waals surface area contributed by atoms with Gasteiger partial charge in [0, 0.05) is 18.8 Å². The third kappa shape index (κ3) is 5.79. The number of amides is 2. The quantitative estimate of drug-likeness (QED) is 0.516. The second kappa shape index (κ2) is 11.4. The number of urea groups is 1. The Bertz CT molecular complexity index is 1070. The number of benzene rings is 2. The van der Waals surface area contributed by atoms with Crippen molar-refractivity contribution in [3.63, 3.8) is 0 Å². The van der Waals surface area contributed by atoms with Crippen LogP contribution in [0.15, 0.2) is 53.7 Å². The van der Waals surface area contributed by atoms with Gasteiger partial charge < -0.3 is 34.5 Å². The van der Waals surface area contributed by atoms with Crippen molar-refractivity contribution in [1.82, 2.24) is 15.5 Å². The maximum Gasteiger partial charge on any atom is 0.338 e. The fraction of sp³-hybridized carbons (Fsp3) is 0.360. The molecule has 3 rings (SSSR count). The van der Waals surface area contributed by atoms with Crippen molar-refractivity contribution < 1.29 is 28.5 Å². The Labute approximate surface area is 199 Å². The molecule has 9 heteroatoms. The van der Waals surface area contributed by atoms with Crippen LogP contribution in [0.5, 0.6) is 17.2 Å². The lowest BCUT2D eigenvalue weighted by Gasteiger charge is -2.31. The summed E-state index contributed by atoms with van der Waals surface area (Å²) in [5.74, 6) is 1.46. The van der Waals surface area contributed by atoms with Crippen LogP contribution < -0.4 is 24.8 Å². The van der Waals surface area contributed by atoms with E-state index in [0.717, 1.165) is 17.5 Å². The highest BCUT2D eigenvalue weighted by Gasteiger charge is 2.34. The highest BCUT2D eigenvalue weighted by molar-refractivity contribution is 5.95. The molecule has 0 aromatic heterocycles. The van der Waals surface area contributed by atoms with E-state index in [-0.39, 0.29) is 6.03 Å². The fourth-order valence-electron chi connectivity index (χ4n) is 3.87. The minimum Gasteiger partial charge on any atom is -0.497 e. The average Bonchev–Trinajstić information content (AvgIpc) is 2.86. The number of esters is 1. The van der Waals surface area contributed by atoms with Gasteiger partial charge in [0.15, 0.2) is 11.5 Å². The Morgan fingerprint density at radius 1 is 1.00 bits per heavy atom. The zero-order chi connectivity index (χ0) is 24.7. The van der Waals surface area contributed by atoms with Gasteiger partial charge in [0.05, 0.1) is 40.1 Å². The van der Waals surface area contributed by atoms with Crippen LogP contribution >= 0.6 is 0 Å². The summed E-state index contributed by atoms with van der Waals surface area (Å²) in [6.07, 6.45) is 0.739. The van der Waals surface area contributed by atoms with Gasteiger partial charge in [0.25, 0.3) is 0 Å². The van der Waals surface area contributed by atoms with Gasteiger partial charge in [-0.2, -0.15) is 0 Å². The summed E-state index contributed by atoms with van der Waals surface area (Å²) in [4.78, 5) is 27.3. The van der Waals surface area contributed by atoms with Gasteiger partial charge in [-0.15, -0.1) is 0 Å². The van der Waals surface area contributed by atoms with Gasteiger partial charge in [0.2, 0.25) is 0 Å². The molecule has 182 valence electrons. The summed E-state index contributed by atoms with van der Waals surface area (Å²) in [5, 5.41) is 5.62. The molecule has 0 aliphatic carbocycles. The van der Waals surface area contributed by atoms with Crippen molar-refractivity contribution in [1.29, 1.82) is 0 Å². The Morgan fingerprint density at radius 3 is 2.44 bits per heavy atom. The molecule has 0 fully saturated rings. The Kier molecular flexibility index (Phi) is 8.37. The third-order valence-corrected chi connectivity index (χ3v) is 5.64. The van der Waals surface area contributed by atoms with Gasteiger partial charge >= 0.3 is 12.0 Å². The third-order valence-electron chi connectivity index (χ3n) is 5.64. The second-order valence-corrected chi connectivity index (χ2v) is 7.87. The van der Waals surface area contributed by atoms with Crippen molar-refractivity contribution in [3.05, 3.63) is 64.9 Å². The minimum absolute atomic E-state index is 0.353. The zero-order valence-electron chi connectivity index (χ0n) is 20.1. The lowest BCUT2D eigenvalue weighted by atomic mass is 9.94. The van der Waals surface area contributed by atoms with Crippen molar-refractivity contribution in [2.75, 3.05) is 48.6 Å². The number of hydrogen-bond acceptors (Lipinski definition) is 7. The maximum absolute atomic E-state index is 12.8. The molecular weight excluding hydrogens is 438 g/mol. The van der Waals surface area contributed by atoms with E-state index in [1.165, 1.54) is 7.11 Å². The van der Waals surface area contributed by atoms with Crippen molar-refractivity contribution in [2.45, 2.75) is 12.5 Å². The molecule has 1 heterocycles. The number of nitrogens with zero attached hydrogens (tertiary/aromatic N) is 1. The molecule has 1 aliphatic rings. The molecule has 2 N–H and O–H groups in total. The lowest BCUT2D eigenvalue weighted by Crippen LogP contribution is -2.48. The van der Waals surface area contributed by atoms with E-state index in [2.05, 4.69) is 10.6 Å².